The molecule has 1 heterocycles. The second-order valence-corrected chi connectivity index (χ2v) is 3.41. The molecule has 1 saturated heterocycles. The van der Waals surface area contributed by atoms with Gasteiger partial charge in [-0.25, -0.2) is 0 Å². The normalized spacial score (nSPS) is 38.6. The van der Waals surface area contributed by atoms with Crippen molar-refractivity contribution in [3.63, 3.8) is 0 Å². The van der Waals surface area contributed by atoms with E-state index in [2.05, 4.69) is 5.32 Å². The largest absolute Gasteiger partial charge is 0.389 e. The number of aliphatic hydroxyl groups excluding tert-OH is 1. The molecule has 0 aromatic carbocycles. The van der Waals surface area contributed by atoms with Gasteiger partial charge in [0, 0.05) is 14.2 Å². The van der Waals surface area contributed by atoms with Gasteiger partial charge in [0.1, 0.15) is 18.3 Å². The van der Waals surface area contributed by atoms with Crippen LogP contribution in [-0.2, 0) is 14.2 Å². The third-order valence-electron chi connectivity index (χ3n) is 2.58. The molecule has 1 fully saturated rings. The SMILES string of the molecule is CNC1COC(COC)C(OC)C1O. The van der Waals surface area contributed by atoms with Crippen molar-refractivity contribution in [3.05, 3.63) is 0 Å². The molecule has 5 nitrogen and oxygen atoms in total. The summed E-state index contributed by atoms with van der Waals surface area (Å²) >= 11 is 0. The first-order valence-electron chi connectivity index (χ1n) is 4.73. The van der Waals surface area contributed by atoms with Gasteiger partial charge >= 0.3 is 0 Å². The lowest BCUT2D eigenvalue weighted by Crippen LogP contribution is -2.59. The minimum absolute atomic E-state index is 0.0759. The summed E-state index contributed by atoms with van der Waals surface area (Å²) < 4.78 is 15.7. The number of methoxy groups -OCH3 is 2. The molecule has 0 aromatic heterocycles. The van der Waals surface area contributed by atoms with Crippen molar-refractivity contribution in [2.45, 2.75) is 24.4 Å². The Morgan fingerprint density at radius 2 is 2.21 bits per heavy atom. The summed E-state index contributed by atoms with van der Waals surface area (Å²) in [6.45, 7) is 0.914. The monoisotopic (exact) mass is 205 g/mol. The average Bonchev–Trinajstić information content (AvgIpc) is 2.19. The molecule has 0 saturated carbocycles. The number of aliphatic hydroxyl groups is 1. The zero-order valence-corrected chi connectivity index (χ0v) is 8.90. The van der Waals surface area contributed by atoms with E-state index in [0.717, 1.165) is 0 Å². The first kappa shape index (κ1) is 11.9. The molecular weight excluding hydrogens is 186 g/mol. The van der Waals surface area contributed by atoms with Gasteiger partial charge in [0.25, 0.3) is 0 Å². The lowest BCUT2D eigenvalue weighted by Gasteiger charge is -2.39. The van der Waals surface area contributed by atoms with Gasteiger partial charge in [-0.15, -0.1) is 0 Å². The first-order chi connectivity index (χ1) is 6.74. The standard InChI is InChI=1S/C9H19NO4/c1-10-6-4-14-7(5-12-2)9(13-3)8(6)11/h6-11H,4-5H2,1-3H3. The average molecular weight is 205 g/mol. The van der Waals surface area contributed by atoms with Crippen LogP contribution in [-0.4, -0.2) is 63.9 Å². The van der Waals surface area contributed by atoms with E-state index < -0.39 is 6.10 Å². The maximum Gasteiger partial charge on any atom is 0.113 e. The van der Waals surface area contributed by atoms with E-state index in [1.807, 2.05) is 0 Å². The fraction of sp³-hybridized carbons (Fsp3) is 1.00. The quantitative estimate of drug-likeness (QED) is 0.616. The molecule has 2 N–H and O–H groups in total. The van der Waals surface area contributed by atoms with Crippen LogP contribution >= 0.6 is 0 Å². The van der Waals surface area contributed by atoms with E-state index in [9.17, 15) is 5.11 Å². The summed E-state index contributed by atoms with van der Waals surface area (Å²) in [6, 6.07) is -0.0759. The van der Waals surface area contributed by atoms with Crippen LogP contribution in [0.2, 0.25) is 0 Å². The van der Waals surface area contributed by atoms with E-state index in [1.165, 1.54) is 0 Å². The highest BCUT2D eigenvalue weighted by molar-refractivity contribution is 4.90. The van der Waals surface area contributed by atoms with E-state index in [-0.39, 0.29) is 18.2 Å². The molecule has 84 valence electrons. The molecule has 0 amide bonds. The predicted molar refractivity (Wildman–Crippen MR) is 51.3 cm³/mol. The van der Waals surface area contributed by atoms with Crippen LogP contribution in [0.4, 0.5) is 0 Å². The number of rotatable bonds is 4. The molecule has 0 bridgehead atoms. The van der Waals surface area contributed by atoms with Crippen molar-refractivity contribution >= 4 is 0 Å². The molecule has 0 aliphatic carbocycles. The van der Waals surface area contributed by atoms with E-state index in [4.69, 9.17) is 14.2 Å². The summed E-state index contributed by atoms with van der Waals surface area (Å²) in [7, 11) is 4.96. The number of likely N-dealkylation sites (N-methyl/N-ethyl adjacent to an activating group) is 1. The highest BCUT2D eigenvalue weighted by atomic mass is 16.6. The Balaban J connectivity index is 2.57. The van der Waals surface area contributed by atoms with E-state index >= 15 is 0 Å². The van der Waals surface area contributed by atoms with Crippen LogP contribution in [0.3, 0.4) is 0 Å². The van der Waals surface area contributed by atoms with Gasteiger partial charge in [-0.05, 0) is 7.05 Å². The topological polar surface area (TPSA) is 60.0 Å². The summed E-state index contributed by atoms with van der Waals surface area (Å²) in [4.78, 5) is 0. The summed E-state index contributed by atoms with van der Waals surface area (Å²) in [5.41, 5.74) is 0. The number of hydrogen-bond acceptors (Lipinski definition) is 5. The van der Waals surface area contributed by atoms with Crippen LogP contribution in [0.25, 0.3) is 0 Å². The minimum atomic E-state index is -0.557. The molecule has 4 unspecified atom stereocenters. The van der Waals surface area contributed by atoms with E-state index in [0.29, 0.717) is 13.2 Å². The van der Waals surface area contributed by atoms with Crippen molar-refractivity contribution in [2.24, 2.45) is 0 Å². The molecule has 0 aromatic rings. The molecule has 0 radical (unpaired) electrons. The van der Waals surface area contributed by atoms with Gasteiger partial charge in [-0.1, -0.05) is 0 Å². The Morgan fingerprint density at radius 1 is 1.50 bits per heavy atom. The maximum absolute atomic E-state index is 9.90. The summed E-state index contributed by atoms with van der Waals surface area (Å²) in [6.07, 6.45) is -1.08. The van der Waals surface area contributed by atoms with Crippen LogP contribution in [0.1, 0.15) is 0 Å². The van der Waals surface area contributed by atoms with Crippen molar-refractivity contribution in [3.8, 4) is 0 Å². The molecular formula is C9H19NO4. The van der Waals surface area contributed by atoms with Crippen molar-refractivity contribution in [2.75, 3.05) is 34.5 Å². The highest BCUT2D eigenvalue weighted by Crippen LogP contribution is 2.18. The lowest BCUT2D eigenvalue weighted by molar-refractivity contribution is -0.174. The van der Waals surface area contributed by atoms with Crippen molar-refractivity contribution < 1.29 is 19.3 Å². The molecule has 1 aliphatic heterocycles. The Hall–Kier alpha value is -0.200. The Kier molecular flexibility index (Phi) is 4.77. The number of nitrogens with one attached hydrogen (secondary N) is 1. The Labute approximate surface area is 84.3 Å². The molecule has 1 rings (SSSR count). The molecule has 5 heteroatoms. The lowest BCUT2D eigenvalue weighted by atomic mass is 9.98. The zero-order chi connectivity index (χ0) is 10.6. The summed E-state index contributed by atoms with van der Waals surface area (Å²) in [5, 5.41) is 12.9. The fourth-order valence-electron chi connectivity index (χ4n) is 1.72. The predicted octanol–water partition coefficient (Wildman–Crippen LogP) is -1.00. The van der Waals surface area contributed by atoms with Crippen LogP contribution in [0.5, 0.6) is 0 Å². The Bertz CT molecular complexity index is 165. The number of hydrogen-bond donors (Lipinski definition) is 2. The second kappa shape index (κ2) is 5.63. The third kappa shape index (κ3) is 2.43. The van der Waals surface area contributed by atoms with Crippen LogP contribution < -0.4 is 5.32 Å². The van der Waals surface area contributed by atoms with Crippen LogP contribution in [0, 0.1) is 0 Å². The summed E-state index contributed by atoms with van der Waals surface area (Å²) in [5.74, 6) is 0. The first-order valence-corrected chi connectivity index (χ1v) is 4.73. The highest BCUT2D eigenvalue weighted by Gasteiger charge is 2.38. The van der Waals surface area contributed by atoms with Gasteiger partial charge in [0.15, 0.2) is 0 Å². The molecule has 1 aliphatic rings. The maximum atomic E-state index is 9.90. The molecule has 0 spiro atoms. The number of ether oxygens (including phenoxy) is 3. The molecule has 4 atom stereocenters. The minimum Gasteiger partial charge on any atom is -0.389 e. The van der Waals surface area contributed by atoms with E-state index in [1.54, 1.807) is 21.3 Å². The Morgan fingerprint density at radius 3 is 2.71 bits per heavy atom. The van der Waals surface area contributed by atoms with Gasteiger partial charge in [0.05, 0.1) is 19.3 Å². The van der Waals surface area contributed by atoms with Gasteiger partial charge in [-0.2, -0.15) is 0 Å². The molecule has 14 heavy (non-hydrogen) atoms. The van der Waals surface area contributed by atoms with Crippen molar-refractivity contribution in [1.29, 1.82) is 0 Å². The van der Waals surface area contributed by atoms with Crippen molar-refractivity contribution in [1.82, 2.24) is 5.32 Å². The van der Waals surface area contributed by atoms with Crippen LogP contribution in [0.15, 0.2) is 0 Å². The van der Waals surface area contributed by atoms with Gasteiger partial charge in [0.2, 0.25) is 0 Å². The smallest absolute Gasteiger partial charge is 0.113 e. The van der Waals surface area contributed by atoms with Gasteiger partial charge < -0.3 is 24.6 Å². The zero-order valence-electron chi connectivity index (χ0n) is 8.90. The second-order valence-electron chi connectivity index (χ2n) is 3.41. The third-order valence-corrected chi connectivity index (χ3v) is 2.58. The fourth-order valence-corrected chi connectivity index (χ4v) is 1.72. The van der Waals surface area contributed by atoms with Gasteiger partial charge in [-0.3, -0.25) is 0 Å².